The first-order chi connectivity index (χ1) is 13.1. The lowest BCUT2D eigenvalue weighted by molar-refractivity contribution is 0.0706. The molecule has 1 aliphatic heterocycles. The van der Waals surface area contributed by atoms with Gasteiger partial charge in [-0.15, -0.1) is 0 Å². The minimum absolute atomic E-state index is 0.347. The molecule has 2 aromatic rings. The molecular weight excluding hydrogens is 340 g/mol. The zero-order valence-corrected chi connectivity index (χ0v) is 15.7. The second-order valence-corrected chi connectivity index (χ2v) is 7.91. The number of hydroxylamine groups is 1. The third kappa shape index (κ3) is 3.70. The molecule has 27 heavy (non-hydrogen) atoms. The van der Waals surface area contributed by atoms with Crippen LogP contribution < -0.4 is 10.2 Å². The monoisotopic (exact) mass is 366 g/mol. The van der Waals surface area contributed by atoms with Crippen LogP contribution in [0.5, 0.6) is 5.75 Å². The first-order valence-electron chi connectivity index (χ1n) is 9.52. The molecule has 142 valence electrons. The van der Waals surface area contributed by atoms with Gasteiger partial charge in [-0.3, -0.25) is 14.9 Å². The molecule has 5 heteroatoms. The van der Waals surface area contributed by atoms with E-state index in [1.807, 2.05) is 24.3 Å². The highest BCUT2D eigenvalue weighted by atomic mass is 16.5. The molecule has 0 aromatic heterocycles. The third-order valence-electron chi connectivity index (χ3n) is 6.14. The first-order valence-corrected chi connectivity index (χ1v) is 9.52. The van der Waals surface area contributed by atoms with Crippen LogP contribution in [0.3, 0.4) is 0 Å². The van der Waals surface area contributed by atoms with Gasteiger partial charge in [0.1, 0.15) is 5.75 Å². The number of amides is 1. The molecule has 1 aliphatic carbocycles. The van der Waals surface area contributed by atoms with Crippen LogP contribution in [-0.2, 0) is 19.4 Å². The Morgan fingerprint density at radius 2 is 2.00 bits per heavy atom. The topological polar surface area (TPSA) is 61.8 Å². The number of hydrogen-bond donors (Lipinski definition) is 2. The number of fused-ring (bicyclic) bond motifs is 1. The van der Waals surface area contributed by atoms with Crippen LogP contribution in [-0.4, -0.2) is 36.2 Å². The van der Waals surface area contributed by atoms with Gasteiger partial charge in [0.15, 0.2) is 0 Å². The van der Waals surface area contributed by atoms with Crippen molar-refractivity contribution >= 4 is 5.91 Å². The van der Waals surface area contributed by atoms with Gasteiger partial charge in [-0.1, -0.05) is 18.2 Å². The van der Waals surface area contributed by atoms with E-state index in [9.17, 15) is 4.79 Å². The van der Waals surface area contributed by atoms with Crippen molar-refractivity contribution in [2.24, 2.45) is 5.41 Å². The van der Waals surface area contributed by atoms with Gasteiger partial charge in [0.05, 0.1) is 7.11 Å². The first kappa shape index (κ1) is 18.0. The number of benzene rings is 2. The van der Waals surface area contributed by atoms with E-state index >= 15 is 0 Å². The molecule has 2 aliphatic rings. The van der Waals surface area contributed by atoms with Gasteiger partial charge in [0.25, 0.3) is 5.91 Å². The van der Waals surface area contributed by atoms with Gasteiger partial charge in [-0.05, 0) is 78.6 Å². The maximum absolute atomic E-state index is 11.6. The molecule has 1 unspecified atom stereocenters. The number of aryl methyl sites for hydroxylation is 1. The Hall–Kier alpha value is -2.37. The average Bonchev–Trinajstić information content (AvgIpc) is 3.09. The molecule has 1 heterocycles. The smallest absolute Gasteiger partial charge is 0.274 e. The number of likely N-dealkylation sites (tertiary alicyclic amines) is 1. The lowest BCUT2D eigenvalue weighted by Gasteiger charge is -2.35. The number of methoxy groups -OCH3 is 1. The van der Waals surface area contributed by atoms with Crippen LogP contribution in [0.2, 0.25) is 0 Å². The normalized spacial score (nSPS) is 21.9. The fourth-order valence-electron chi connectivity index (χ4n) is 4.63. The highest BCUT2D eigenvalue weighted by Gasteiger charge is 2.40. The van der Waals surface area contributed by atoms with Crippen molar-refractivity contribution in [3.8, 4) is 5.75 Å². The number of hydrogen-bond acceptors (Lipinski definition) is 4. The molecule has 1 fully saturated rings. The van der Waals surface area contributed by atoms with Crippen molar-refractivity contribution in [1.82, 2.24) is 10.4 Å². The Labute approximate surface area is 159 Å². The Balaban J connectivity index is 1.43. The van der Waals surface area contributed by atoms with E-state index < -0.39 is 5.91 Å². The van der Waals surface area contributed by atoms with Gasteiger partial charge in [0, 0.05) is 18.7 Å². The van der Waals surface area contributed by atoms with Gasteiger partial charge in [-0.2, -0.15) is 0 Å². The molecule has 2 N–H and O–H groups in total. The molecule has 0 saturated carbocycles. The summed E-state index contributed by atoms with van der Waals surface area (Å²) in [5, 5.41) is 8.83. The quantitative estimate of drug-likeness (QED) is 0.644. The molecule has 4 rings (SSSR count). The molecule has 2 aromatic carbocycles. The molecule has 1 amide bonds. The zero-order valence-electron chi connectivity index (χ0n) is 15.7. The lowest BCUT2D eigenvalue weighted by atomic mass is 9.71. The molecule has 5 nitrogen and oxygen atoms in total. The van der Waals surface area contributed by atoms with Gasteiger partial charge >= 0.3 is 0 Å². The zero-order chi connectivity index (χ0) is 18.9. The predicted molar refractivity (Wildman–Crippen MR) is 103 cm³/mol. The highest BCUT2D eigenvalue weighted by molar-refractivity contribution is 5.93. The van der Waals surface area contributed by atoms with Crippen molar-refractivity contribution in [2.45, 2.75) is 32.2 Å². The standard InChI is InChI=1S/C22H26N2O3/c1-27-20-6-2-16(3-7-20)14-24-11-10-22(15-24)9-8-17-12-18(21(25)23-26)4-5-19(17)13-22/h2-7,12,26H,8-11,13-15H2,1H3,(H,23,25). The van der Waals surface area contributed by atoms with Gasteiger partial charge < -0.3 is 4.74 Å². The summed E-state index contributed by atoms with van der Waals surface area (Å²) in [5.74, 6) is 0.458. The van der Waals surface area contributed by atoms with E-state index in [0.29, 0.717) is 11.0 Å². The van der Waals surface area contributed by atoms with Gasteiger partial charge in [0.2, 0.25) is 0 Å². The van der Waals surface area contributed by atoms with E-state index in [1.165, 1.54) is 23.1 Å². The summed E-state index contributed by atoms with van der Waals surface area (Å²) >= 11 is 0. The summed E-state index contributed by atoms with van der Waals surface area (Å²) < 4.78 is 5.24. The van der Waals surface area contributed by atoms with Crippen LogP contribution in [0, 0.1) is 5.41 Å². The number of nitrogens with one attached hydrogen (secondary N) is 1. The fraction of sp³-hybridized carbons (Fsp3) is 0.409. The molecule has 1 spiro atoms. The van der Waals surface area contributed by atoms with Crippen molar-refractivity contribution < 1.29 is 14.7 Å². The SMILES string of the molecule is COc1ccc(CN2CCC3(CCc4cc(C(=O)NO)ccc4C3)C2)cc1. The van der Waals surface area contributed by atoms with Crippen LogP contribution in [0.25, 0.3) is 0 Å². The molecule has 1 atom stereocenters. The van der Waals surface area contributed by atoms with Crippen LogP contribution >= 0.6 is 0 Å². The Kier molecular flexibility index (Phi) is 4.89. The maximum atomic E-state index is 11.6. The highest BCUT2D eigenvalue weighted by Crippen LogP contribution is 2.43. The lowest BCUT2D eigenvalue weighted by Crippen LogP contribution is -2.33. The summed E-state index contributed by atoms with van der Waals surface area (Å²) in [6, 6.07) is 14.1. The van der Waals surface area contributed by atoms with Crippen molar-refractivity contribution in [2.75, 3.05) is 20.2 Å². The number of carbonyl (C=O) groups is 1. The van der Waals surface area contributed by atoms with E-state index in [4.69, 9.17) is 9.94 Å². The van der Waals surface area contributed by atoms with Crippen molar-refractivity contribution in [3.05, 3.63) is 64.7 Å². The minimum Gasteiger partial charge on any atom is -0.497 e. The number of rotatable bonds is 4. The second-order valence-electron chi connectivity index (χ2n) is 7.91. The largest absolute Gasteiger partial charge is 0.497 e. The van der Waals surface area contributed by atoms with E-state index in [1.54, 1.807) is 12.6 Å². The van der Waals surface area contributed by atoms with Crippen molar-refractivity contribution in [3.63, 3.8) is 0 Å². The van der Waals surface area contributed by atoms with E-state index in [2.05, 4.69) is 23.1 Å². The molecular formula is C22H26N2O3. The molecule has 1 saturated heterocycles. The molecule has 0 bridgehead atoms. The Morgan fingerprint density at radius 3 is 2.74 bits per heavy atom. The summed E-state index contributed by atoms with van der Waals surface area (Å²) in [7, 11) is 1.69. The minimum atomic E-state index is -0.440. The maximum Gasteiger partial charge on any atom is 0.274 e. The second kappa shape index (κ2) is 7.33. The van der Waals surface area contributed by atoms with Crippen molar-refractivity contribution in [1.29, 1.82) is 0 Å². The van der Waals surface area contributed by atoms with E-state index in [-0.39, 0.29) is 0 Å². The number of carbonyl (C=O) groups excluding carboxylic acids is 1. The summed E-state index contributed by atoms with van der Waals surface area (Å²) in [5.41, 5.74) is 6.51. The van der Waals surface area contributed by atoms with Crippen LogP contribution in [0.15, 0.2) is 42.5 Å². The number of ether oxygens (including phenoxy) is 1. The summed E-state index contributed by atoms with van der Waals surface area (Å²) in [6.07, 6.45) is 4.45. The average molecular weight is 366 g/mol. The predicted octanol–water partition coefficient (Wildman–Crippen LogP) is 3.20. The summed E-state index contributed by atoms with van der Waals surface area (Å²) in [4.78, 5) is 14.2. The third-order valence-corrected chi connectivity index (χ3v) is 6.14. The summed E-state index contributed by atoms with van der Waals surface area (Å²) in [6.45, 7) is 3.23. The molecule has 0 radical (unpaired) electrons. The van der Waals surface area contributed by atoms with Gasteiger partial charge in [-0.25, -0.2) is 5.48 Å². The van der Waals surface area contributed by atoms with E-state index in [0.717, 1.165) is 44.6 Å². The Bertz CT molecular complexity index is 834. The Morgan fingerprint density at radius 1 is 1.19 bits per heavy atom. The number of nitrogens with zero attached hydrogens (tertiary/aromatic N) is 1. The fourth-order valence-corrected chi connectivity index (χ4v) is 4.63. The van der Waals surface area contributed by atoms with Crippen LogP contribution in [0.4, 0.5) is 0 Å². The van der Waals surface area contributed by atoms with Crippen LogP contribution in [0.1, 0.15) is 39.9 Å².